The van der Waals surface area contributed by atoms with Gasteiger partial charge in [-0.2, -0.15) is 0 Å². The van der Waals surface area contributed by atoms with Crippen LogP contribution in [0.1, 0.15) is 21.5 Å². The number of carboxylic acids is 1. The second-order valence-corrected chi connectivity index (χ2v) is 6.68. The van der Waals surface area contributed by atoms with E-state index in [1.165, 1.54) is 0 Å². The predicted molar refractivity (Wildman–Crippen MR) is 110 cm³/mol. The molecule has 0 radical (unpaired) electrons. The number of pyridine rings is 1. The summed E-state index contributed by atoms with van der Waals surface area (Å²) in [7, 11) is 0. The minimum Gasteiger partial charge on any atom is -0.489 e. The smallest absolute Gasteiger partial charge is 0.335 e. The molecule has 0 fully saturated rings. The lowest BCUT2D eigenvalue weighted by molar-refractivity contribution is 0.0696. The van der Waals surface area contributed by atoms with Crippen LogP contribution >= 0.6 is 0 Å². The topological polar surface area (TPSA) is 59.4 Å². The van der Waals surface area contributed by atoms with Gasteiger partial charge in [-0.3, -0.25) is 4.98 Å². The number of nitrogens with zero attached hydrogens (tertiary/aromatic N) is 1. The van der Waals surface area contributed by atoms with Crippen molar-refractivity contribution < 1.29 is 14.6 Å². The maximum atomic E-state index is 11.4. The summed E-state index contributed by atoms with van der Waals surface area (Å²) in [6, 6.07) is 23.2. The van der Waals surface area contributed by atoms with Gasteiger partial charge in [0.2, 0.25) is 0 Å². The zero-order valence-corrected chi connectivity index (χ0v) is 15.4. The van der Waals surface area contributed by atoms with Gasteiger partial charge >= 0.3 is 5.97 Å². The molecule has 4 rings (SSSR count). The van der Waals surface area contributed by atoms with Crippen molar-refractivity contribution in [1.82, 2.24) is 4.98 Å². The number of rotatable bonds is 5. The number of fused-ring (bicyclic) bond motifs is 1. The highest BCUT2D eigenvalue weighted by Gasteiger charge is 2.09. The van der Waals surface area contributed by atoms with Crippen LogP contribution in [0, 0.1) is 6.92 Å². The molecule has 1 N–H and O–H groups in total. The van der Waals surface area contributed by atoms with Gasteiger partial charge in [-0.1, -0.05) is 36.4 Å². The van der Waals surface area contributed by atoms with Crippen molar-refractivity contribution in [1.29, 1.82) is 0 Å². The summed E-state index contributed by atoms with van der Waals surface area (Å²) in [6.45, 7) is 2.23. The zero-order chi connectivity index (χ0) is 19.5. The lowest BCUT2D eigenvalue weighted by Crippen LogP contribution is -2.00. The lowest BCUT2D eigenvalue weighted by Gasteiger charge is -2.10. The maximum Gasteiger partial charge on any atom is 0.335 e. The Kier molecular flexibility index (Phi) is 4.77. The van der Waals surface area contributed by atoms with Crippen molar-refractivity contribution in [2.45, 2.75) is 13.5 Å². The van der Waals surface area contributed by atoms with Gasteiger partial charge in [0.25, 0.3) is 0 Å². The van der Waals surface area contributed by atoms with E-state index in [1.807, 2.05) is 66.7 Å². The highest BCUT2D eigenvalue weighted by Crippen LogP contribution is 2.25. The van der Waals surface area contributed by atoms with Crippen molar-refractivity contribution >= 4 is 16.9 Å². The summed E-state index contributed by atoms with van der Waals surface area (Å²) >= 11 is 0. The fraction of sp³-hybridized carbons (Fsp3) is 0.0833. The number of benzene rings is 3. The van der Waals surface area contributed by atoms with Crippen molar-refractivity contribution in [3.63, 3.8) is 0 Å². The Bertz CT molecular complexity index is 1170. The number of aromatic carboxylic acids is 1. The van der Waals surface area contributed by atoms with E-state index in [2.05, 4.69) is 4.98 Å². The Balaban J connectivity index is 1.55. The highest BCUT2D eigenvalue weighted by atomic mass is 16.5. The first-order chi connectivity index (χ1) is 13.6. The third-order valence-corrected chi connectivity index (χ3v) is 4.71. The van der Waals surface area contributed by atoms with E-state index in [0.717, 1.165) is 38.9 Å². The Morgan fingerprint density at radius 3 is 2.68 bits per heavy atom. The fourth-order valence-electron chi connectivity index (χ4n) is 3.18. The van der Waals surface area contributed by atoms with Crippen LogP contribution in [-0.2, 0) is 6.61 Å². The molecule has 0 spiro atoms. The molecule has 0 amide bonds. The van der Waals surface area contributed by atoms with Crippen molar-refractivity contribution in [2.24, 2.45) is 0 Å². The molecule has 4 heteroatoms. The van der Waals surface area contributed by atoms with Gasteiger partial charge < -0.3 is 9.84 Å². The highest BCUT2D eigenvalue weighted by molar-refractivity contribution is 5.91. The van der Waals surface area contributed by atoms with E-state index in [1.54, 1.807) is 19.2 Å². The molecule has 28 heavy (non-hydrogen) atoms. The molecule has 1 aromatic heterocycles. The van der Waals surface area contributed by atoms with Crippen LogP contribution in [0.2, 0.25) is 0 Å². The molecular formula is C24H19NO3. The fourth-order valence-corrected chi connectivity index (χ4v) is 3.18. The summed E-state index contributed by atoms with van der Waals surface area (Å²) in [5.74, 6) is -0.126. The monoisotopic (exact) mass is 369 g/mol. The van der Waals surface area contributed by atoms with E-state index in [4.69, 9.17) is 4.74 Å². The Hall–Kier alpha value is -3.66. The number of hydrogen-bond acceptors (Lipinski definition) is 3. The third-order valence-electron chi connectivity index (χ3n) is 4.71. The molecule has 4 aromatic rings. The number of carbonyl (C=O) groups is 1. The molecule has 0 aliphatic carbocycles. The summed E-state index contributed by atoms with van der Waals surface area (Å²) in [5, 5.41) is 10.4. The quantitative estimate of drug-likeness (QED) is 0.505. The first-order valence-corrected chi connectivity index (χ1v) is 9.01. The molecule has 4 nitrogen and oxygen atoms in total. The third kappa shape index (κ3) is 3.71. The lowest BCUT2D eigenvalue weighted by atomic mass is 9.98. The predicted octanol–water partition coefficient (Wildman–Crippen LogP) is 5.49. The van der Waals surface area contributed by atoms with Crippen LogP contribution < -0.4 is 4.74 Å². The Morgan fingerprint density at radius 1 is 0.964 bits per heavy atom. The van der Waals surface area contributed by atoms with Crippen molar-refractivity contribution in [3.8, 4) is 16.9 Å². The minimum absolute atomic E-state index is 0.323. The molecule has 138 valence electrons. The Morgan fingerprint density at radius 2 is 1.82 bits per heavy atom. The SMILES string of the molecule is Cc1ccc(-c2cccc(COc3ccc4ncccc4c3)c2)cc1C(=O)O. The molecular weight excluding hydrogens is 350 g/mol. The van der Waals surface area contributed by atoms with Gasteiger partial charge in [0.1, 0.15) is 12.4 Å². The van der Waals surface area contributed by atoms with E-state index in [-0.39, 0.29) is 0 Å². The van der Waals surface area contributed by atoms with Crippen LogP contribution in [0.4, 0.5) is 0 Å². The number of hydrogen-bond donors (Lipinski definition) is 1. The molecule has 0 aliphatic heterocycles. The molecule has 0 aliphatic rings. The average molecular weight is 369 g/mol. The molecule has 0 unspecified atom stereocenters. The van der Waals surface area contributed by atoms with E-state index in [9.17, 15) is 9.90 Å². The number of ether oxygens (including phenoxy) is 1. The van der Waals surface area contributed by atoms with E-state index >= 15 is 0 Å². The molecule has 0 atom stereocenters. The second-order valence-electron chi connectivity index (χ2n) is 6.68. The van der Waals surface area contributed by atoms with Crippen molar-refractivity contribution in [2.75, 3.05) is 0 Å². The van der Waals surface area contributed by atoms with Crippen LogP contribution in [-0.4, -0.2) is 16.1 Å². The minimum atomic E-state index is -0.912. The van der Waals surface area contributed by atoms with Crippen LogP contribution in [0.25, 0.3) is 22.0 Å². The molecule has 3 aromatic carbocycles. The van der Waals surface area contributed by atoms with Gasteiger partial charge in [0, 0.05) is 11.6 Å². The van der Waals surface area contributed by atoms with E-state index in [0.29, 0.717) is 12.2 Å². The van der Waals surface area contributed by atoms with Crippen LogP contribution in [0.5, 0.6) is 5.75 Å². The summed E-state index contributed by atoms with van der Waals surface area (Å²) in [4.78, 5) is 15.7. The average Bonchev–Trinajstić information content (AvgIpc) is 2.72. The molecule has 0 bridgehead atoms. The molecule has 0 saturated heterocycles. The molecule has 1 heterocycles. The van der Waals surface area contributed by atoms with Gasteiger partial charge in [0.05, 0.1) is 11.1 Å². The van der Waals surface area contributed by atoms with Gasteiger partial charge in [-0.05, 0) is 65.6 Å². The molecule has 0 saturated carbocycles. The first kappa shape index (κ1) is 17.7. The summed E-state index contributed by atoms with van der Waals surface area (Å²) in [5.41, 5.74) is 4.87. The number of carboxylic acid groups (broad SMARTS) is 1. The maximum absolute atomic E-state index is 11.4. The Labute approximate surface area is 163 Å². The summed E-state index contributed by atoms with van der Waals surface area (Å²) < 4.78 is 5.95. The number of aryl methyl sites for hydroxylation is 1. The normalized spacial score (nSPS) is 10.8. The zero-order valence-electron chi connectivity index (χ0n) is 15.4. The van der Waals surface area contributed by atoms with Gasteiger partial charge in [0.15, 0.2) is 0 Å². The second kappa shape index (κ2) is 7.53. The van der Waals surface area contributed by atoms with E-state index < -0.39 is 5.97 Å². The summed E-state index contributed by atoms with van der Waals surface area (Å²) in [6.07, 6.45) is 1.77. The van der Waals surface area contributed by atoms with Gasteiger partial charge in [-0.25, -0.2) is 4.79 Å². The van der Waals surface area contributed by atoms with Crippen LogP contribution in [0.15, 0.2) is 79.0 Å². The standard InChI is InChI=1S/C24H19NO3/c1-16-7-8-19(14-22(16)24(26)27)18-5-2-4-17(12-18)15-28-21-9-10-23-20(13-21)6-3-11-25-23/h2-14H,15H2,1H3,(H,26,27). The first-order valence-electron chi connectivity index (χ1n) is 9.01. The van der Waals surface area contributed by atoms with Crippen molar-refractivity contribution in [3.05, 3.63) is 95.7 Å². The largest absolute Gasteiger partial charge is 0.489 e. The van der Waals surface area contributed by atoms with Crippen LogP contribution in [0.3, 0.4) is 0 Å². The number of aromatic nitrogens is 1. The van der Waals surface area contributed by atoms with Gasteiger partial charge in [-0.15, -0.1) is 0 Å².